The molecule has 2 N–H and O–H groups in total. The van der Waals surface area contributed by atoms with Gasteiger partial charge in [-0.15, -0.1) is 11.3 Å². The normalized spacial score (nSPS) is 11.7. The van der Waals surface area contributed by atoms with Crippen molar-refractivity contribution in [2.75, 3.05) is 5.32 Å². The van der Waals surface area contributed by atoms with Crippen molar-refractivity contribution in [3.05, 3.63) is 75.0 Å². The van der Waals surface area contributed by atoms with Crippen LogP contribution in [0.2, 0.25) is 9.36 Å². The molecule has 0 aliphatic carbocycles. The molecule has 0 saturated heterocycles. The number of hydrogen-bond donors (Lipinski definition) is 2. The Morgan fingerprint density at radius 1 is 1.18 bits per heavy atom. The predicted molar refractivity (Wildman–Crippen MR) is 130 cm³/mol. The average Bonchev–Trinajstić information content (AvgIpc) is 3.06. The molecule has 1 unspecified atom stereocenters. The monoisotopic (exact) mass is 654 g/mol. The van der Waals surface area contributed by atoms with Crippen LogP contribution in [0.5, 0.6) is 5.75 Å². The molecule has 1 aromatic heterocycles. The van der Waals surface area contributed by atoms with E-state index >= 15 is 0 Å². The largest absolute Gasteiger partial charge is 0.506 e. The number of aromatic hydroxyl groups is 1. The van der Waals surface area contributed by atoms with Crippen molar-refractivity contribution >= 4 is 91.3 Å². The van der Waals surface area contributed by atoms with Gasteiger partial charge in [0.05, 0.1) is 19.5 Å². The van der Waals surface area contributed by atoms with E-state index < -0.39 is 11.8 Å². The number of carbonyl (C=O) groups is 1. The molecular formula is C19H10Cl2I2N2O2S. The maximum atomic E-state index is 12.6. The third-order valence-electron chi connectivity index (χ3n) is 3.85. The lowest BCUT2D eigenvalue weighted by Gasteiger charge is -2.13. The smallest absolute Gasteiger partial charge is 0.259 e. The molecule has 9 heteroatoms. The Bertz CT molecular complexity index is 1110. The molecule has 142 valence electrons. The van der Waals surface area contributed by atoms with Crippen molar-refractivity contribution in [3.8, 4) is 11.8 Å². The van der Waals surface area contributed by atoms with Gasteiger partial charge in [-0.05, 0) is 87.1 Å². The van der Waals surface area contributed by atoms with E-state index in [0.717, 1.165) is 8.45 Å². The Morgan fingerprint density at radius 3 is 2.54 bits per heavy atom. The molecule has 0 aliphatic heterocycles. The van der Waals surface area contributed by atoms with E-state index in [4.69, 9.17) is 23.2 Å². The van der Waals surface area contributed by atoms with E-state index in [-0.39, 0.29) is 11.3 Å². The van der Waals surface area contributed by atoms with Crippen LogP contribution in [0.3, 0.4) is 0 Å². The zero-order valence-electron chi connectivity index (χ0n) is 13.8. The van der Waals surface area contributed by atoms with Gasteiger partial charge >= 0.3 is 0 Å². The highest BCUT2D eigenvalue weighted by atomic mass is 127. The van der Waals surface area contributed by atoms with Gasteiger partial charge in [0, 0.05) is 19.2 Å². The summed E-state index contributed by atoms with van der Waals surface area (Å²) in [6, 6.07) is 14.1. The van der Waals surface area contributed by atoms with E-state index in [0.29, 0.717) is 24.2 Å². The lowest BCUT2D eigenvalue weighted by molar-refractivity contribution is 0.102. The molecule has 1 atom stereocenters. The second-order valence-corrected chi connectivity index (χ2v) is 10.2. The minimum Gasteiger partial charge on any atom is -0.506 e. The summed E-state index contributed by atoms with van der Waals surface area (Å²) >= 11 is 17.7. The van der Waals surface area contributed by atoms with Crippen LogP contribution in [0.1, 0.15) is 26.7 Å². The van der Waals surface area contributed by atoms with Gasteiger partial charge in [0.1, 0.15) is 11.7 Å². The number of hydrogen-bond acceptors (Lipinski definition) is 4. The van der Waals surface area contributed by atoms with Crippen molar-refractivity contribution in [2.45, 2.75) is 5.92 Å². The highest BCUT2D eigenvalue weighted by Crippen LogP contribution is 2.36. The predicted octanol–water partition coefficient (Wildman–Crippen LogP) is 6.88. The lowest BCUT2D eigenvalue weighted by Crippen LogP contribution is -2.13. The van der Waals surface area contributed by atoms with Crippen LogP contribution in [0.25, 0.3) is 0 Å². The number of anilines is 1. The molecule has 3 aromatic rings. The van der Waals surface area contributed by atoms with Crippen LogP contribution in [-0.2, 0) is 0 Å². The molecule has 0 spiro atoms. The zero-order chi connectivity index (χ0) is 20.4. The summed E-state index contributed by atoms with van der Waals surface area (Å²) in [5.74, 6) is -1.06. The number of thiophene rings is 1. The summed E-state index contributed by atoms with van der Waals surface area (Å²) in [6.45, 7) is 0. The highest BCUT2D eigenvalue weighted by molar-refractivity contribution is 14.1. The van der Waals surface area contributed by atoms with Crippen molar-refractivity contribution < 1.29 is 9.90 Å². The Morgan fingerprint density at radius 2 is 1.93 bits per heavy atom. The first kappa shape index (κ1) is 21.6. The van der Waals surface area contributed by atoms with E-state index in [1.54, 1.807) is 42.5 Å². The number of nitrogens with one attached hydrogen (secondary N) is 1. The van der Waals surface area contributed by atoms with Crippen LogP contribution in [0, 0.1) is 18.5 Å². The van der Waals surface area contributed by atoms with Crippen LogP contribution >= 0.6 is 79.7 Å². The van der Waals surface area contributed by atoms with E-state index in [2.05, 4.69) is 34.0 Å². The third kappa shape index (κ3) is 4.74. The number of benzene rings is 2. The molecule has 0 saturated carbocycles. The molecule has 1 heterocycles. The zero-order valence-corrected chi connectivity index (χ0v) is 20.5. The van der Waals surface area contributed by atoms with Crippen LogP contribution in [0.15, 0.2) is 42.5 Å². The van der Waals surface area contributed by atoms with E-state index in [9.17, 15) is 15.2 Å². The summed E-state index contributed by atoms with van der Waals surface area (Å²) in [4.78, 5) is 13.4. The summed E-state index contributed by atoms with van der Waals surface area (Å²) in [7, 11) is 0. The Labute approximate surface area is 202 Å². The summed E-state index contributed by atoms with van der Waals surface area (Å²) in [6.07, 6.45) is 0. The number of carbonyl (C=O) groups excluding carboxylic acids is 1. The first-order valence-corrected chi connectivity index (χ1v) is 11.5. The van der Waals surface area contributed by atoms with Crippen molar-refractivity contribution in [2.24, 2.45) is 0 Å². The van der Waals surface area contributed by atoms with Crippen molar-refractivity contribution in [3.63, 3.8) is 0 Å². The third-order valence-corrected chi connectivity index (χ3v) is 6.92. The van der Waals surface area contributed by atoms with Gasteiger partial charge in [0.25, 0.3) is 5.91 Å². The Balaban J connectivity index is 1.87. The summed E-state index contributed by atoms with van der Waals surface area (Å²) < 4.78 is 2.03. The van der Waals surface area contributed by atoms with Crippen LogP contribution in [-0.4, -0.2) is 11.0 Å². The second kappa shape index (κ2) is 9.17. The highest BCUT2D eigenvalue weighted by Gasteiger charge is 2.20. The molecule has 1 amide bonds. The Hall–Kier alpha value is -1.06. The van der Waals surface area contributed by atoms with Gasteiger partial charge in [0.15, 0.2) is 0 Å². The van der Waals surface area contributed by atoms with Gasteiger partial charge in [-0.25, -0.2) is 0 Å². The number of rotatable bonds is 4. The first-order valence-electron chi connectivity index (χ1n) is 7.73. The van der Waals surface area contributed by atoms with Gasteiger partial charge in [-0.1, -0.05) is 29.3 Å². The Kier molecular flexibility index (Phi) is 7.09. The fraction of sp³-hybridized carbons (Fsp3) is 0.0526. The molecule has 0 fully saturated rings. The molecule has 0 bridgehead atoms. The van der Waals surface area contributed by atoms with E-state index in [1.165, 1.54) is 11.3 Å². The van der Waals surface area contributed by atoms with Gasteiger partial charge in [0.2, 0.25) is 0 Å². The average molecular weight is 655 g/mol. The number of halogens is 4. The minimum absolute atomic E-state index is 0.0691. The molecule has 0 aliphatic rings. The first-order chi connectivity index (χ1) is 13.3. The number of nitrogens with zero attached hydrogens (tertiary/aromatic N) is 1. The van der Waals surface area contributed by atoms with Gasteiger partial charge in [-0.2, -0.15) is 5.26 Å². The molecule has 3 rings (SSSR count). The van der Waals surface area contributed by atoms with Crippen LogP contribution < -0.4 is 5.32 Å². The quantitative estimate of drug-likeness (QED) is 0.302. The maximum Gasteiger partial charge on any atom is 0.259 e. The maximum absolute atomic E-state index is 12.6. The van der Waals surface area contributed by atoms with Crippen molar-refractivity contribution in [1.29, 1.82) is 5.26 Å². The molecular weight excluding hydrogens is 645 g/mol. The van der Waals surface area contributed by atoms with Gasteiger partial charge < -0.3 is 10.4 Å². The number of amides is 1. The van der Waals surface area contributed by atoms with Gasteiger partial charge in [-0.3, -0.25) is 4.79 Å². The fourth-order valence-corrected chi connectivity index (χ4v) is 5.81. The molecule has 28 heavy (non-hydrogen) atoms. The summed E-state index contributed by atoms with van der Waals surface area (Å²) in [5, 5.41) is 22.8. The van der Waals surface area contributed by atoms with Crippen molar-refractivity contribution in [1.82, 2.24) is 0 Å². The fourth-order valence-electron chi connectivity index (χ4n) is 2.55. The molecule has 4 nitrogen and oxygen atoms in total. The minimum atomic E-state index is -0.545. The topological polar surface area (TPSA) is 73.1 Å². The summed E-state index contributed by atoms with van der Waals surface area (Å²) in [5.41, 5.74) is 1.28. The molecule has 2 aromatic carbocycles. The molecule has 0 radical (unpaired) electrons. The number of phenolic OH excluding ortho intramolecular Hbond substituents is 1. The SMILES string of the molecule is N#CC(c1ccc(Cl)s1)c1ccc(NC(=O)c2cc(I)cc(I)c2O)cc1Cl. The number of phenols is 1. The number of nitriles is 1. The standard InChI is InChI=1S/C19H10Cl2I2N2O2S/c20-14-7-10(25-19(27)12-5-9(22)6-15(23)18(12)26)1-2-11(14)13(8-24)16-3-4-17(21)28-16/h1-7,13,26H,(H,25,27). The second-order valence-electron chi connectivity index (χ2n) is 5.68. The van der Waals surface area contributed by atoms with Crippen LogP contribution in [0.4, 0.5) is 5.69 Å². The van der Waals surface area contributed by atoms with E-state index in [1.807, 2.05) is 22.6 Å². The lowest BCUT2D eigenvalue weighted by atomic mass is 9.98.